The minimum atomic E-state index is 0.579. The number of thiazole rings is 1. The zero-order valence-corrected chi connectivity index (χ0v) is 12.6. The third-order valence-electron chi connectivity index (χ3n) is 4.71. The molecule has 2 fully saturated rings. The lowest BCUT2D eigenvalue weighted by Crippen LogP contribution is -2.39. The maximum Gasteiger partial charge on any atom is 0.0964 e. The van der Waals surface area contributed by atoms with Crippen LogP contribution in [0, 0.1) is 0 Å². The number of rotatable bonds is 4. The number of nitrogens with two attached hydrogens (primary N) is 1. The summed E-state index contributed by atoms with van der Waals surface area (Å²) >= 11 is 1.80. The normalized spacial score (nSPS) is 31.0. The van der Waals surface area contributed by atoms with E-state index in [1.165, 1.54) is 35.6 Å². The topological polar surface area (TPSA) is 51.4 Å². The zero-order chi connectivity index (χ0) is 13.4. The first-order valence-corrected chi connectivity index (χ1v) is 7.94. The van der Waals surface area contributed by atoms with E-state index in [9.17, 15) is 0 Å². The van der Waals surface area contributed by atoms with Gasteiger partial charge in [-0.05, 0) is 32.7 Å². The Hall–Kier alpha value is -0.490. The van der Waals surface area contributed by atoms with Crippen molar-refractivity contribution < 1.29 is 4.74 Å². The van der Waals surface area contributed by atoms with Crippen molar-refractivity contribution in [2.75, 3.05) is 14.2 Å². The molecule has 0 spiro atoms. The average Bonchev–Trinajstić information content (AvgIpc) is 2.88. The van der Waals surface area contributed by atoms with Gasteiger partial charge in [0.1, 0.15) is 0 Å². The molecular weight excluding hydrogens is 258 g/mol. The monoisotopic (exact) mass is 281 g/mol. The number of methoxy groups -OCH3 is 1. The van der Waals surface area contributed by atoms with Crippen molar-refractivity contribution in [2.45, 2.75) is 56.8 Å². The van der Waals surface area contributed by atoms with Crippen LogP contribution in [-0.4, -0.2) is 36.1 Å². The molecule has 3 heterocycles. The van der Waals surface area contributed by atoms with Crippen molar-refractivity contribution >= 4 is 11.3 Å². The molecule has 19 heavy (non-hydrogen) atoms. The maximum atomic E-state index is 5.82. The van der Waals surface area contributed by atoms with Gasteiger partial charge >= 0.3 is 0 Å². The second-order valence-electron chi connectivity index (χ2n) is 5.78. The number of hydrogen-bond donors (Lipinski definition) is 1. The molecule has 2 saturated heterocycles. The quantitative estimate of drug-likeness (QED) is 0.918. The number of aromatic nitrogens is 1. The van der Waals surface area contributed by atoms with Gasteiger partial charge in [0.25, 0.3) is 0 Å². The van der Waals surface area contributed by atoms with Gasteiger partial charge in [0.2, 0.25) is 0 Å². The van der Waals surface area contributed by atoms with Crippen molar-refractivity contribution in [1.82, 2.24) is 9.88 Å². The van der Waals surface area contributed by atoms with E-state index in [4.69, 9.17) is 15.5 Å². The van der Waals surface area contributed by atoms with Crippen LogP contribution in [0.1, 0.15) is 47.2 Å². The van der Waals surface area contributed by atoms with E-state index >= 15 is 0 Å². The molecule has 1 aromatic rings. The van der Waals surface area contributed by atoms with Crippen molar-refractivity contribution in [3.05, 3.63) is 15.6 Å². The smallest absolute Gasteiger partial charge is 0.0964 e. The molecule has 2 bridgehead atoms. The summed E-state index contributed by atoms with van der Waals surface area (Å²) in [7, 11) is 4.00. The SMILES string of the molecule is COCc1nc(C2CC3CCC(C2)N3C)sc1CN. The number of nitrogens with zero attached hydrogens (tertiary/aromatic N) is 2. The molecular formula is C14H23N3OS. The summed E-state index contributed by atoms with van der Waals surface area (Å²) in [6.45, 7) is 1.17. The molecule has 2 atom stereocenters. The van der Waals surface area contributed by atoms with E-state index in [2.05, 4.69) is 11.9 Å². The summed E-state index contributed by atoms with van der Waals surface area (Å²) in [4.78, 5) is 8.58. The second-order valence-corrected chi connectivity index (χ2v) is 6.89. The fourth-order valence-corrected chi connectivity index (χ4v) is 4.67. The van der Waals surface area contributed by atoms with E-state index in [-0.39, 0.29) is 0 Å². The lowest BCUT2D eigenvalue weighted by Gasteiger charge is -2.35. The highest BCUT2D eigenvalue weighted by Crippen LogP contribution is 2.43. The van der Waals surface area contributed by atoms with Crippen LogP contribution in [0.15, 0.2) is 0 Å². The molecule has 2 N–H and O–H groups in total. The van der Waals surface area contributed by atoms with Gasteiger partial charge in [-0.3, -0.25) is 0 Å². The number of piperidine rings is 1. The first-order chi connectivity index (χ1) is 9.22. The van der Waals surface area contributed by atoms with Gasteiger partial charge < -0.3 is 15.4 Å². The van der Waals surface area contributed by atoms with E-state index < -0.39 is 0 Å². The second kappa shape index (κ2) is 5.48. The maximum absolute atomic E-state index is 5.82. The Morgan fingerprint density at radius 3 is 2.63 bits per heavy atom. The highest BCUT2D eigenvalue weighted by atomic mass is 32.1. The Morgan fingerprint density at radius 2 is 2.05 bits per heavy atom. The van der Waals surface area contributed by atoms with Crippen molar-refractivity contribution in [1.29, 1.82) is 0 Å². The minimum Gasteiger partial charge on any atom is -0.378 e. The van der Waals surface area contributed by atoms with E-state index in [1.807, 2.05) is 0 Å². The third-order valence-corrected chi connectivity index (χ3v) is 5.99. The van der Waals surface area contributed by atoms with Gasteiger partial charge in [-0.1, -0.05) is 0 Å². The molecule has 0 radical (unpaired) electrons. The summed E-state index contributed by atoms with van der Waals surface area (Å²) in [6, 6.07) is 1.53. The molecule has 3 rings (SSSR count). The molecule has 0 aromatic carbocycles. The molecule has 5 heteroatoms. The molecule has 4 nitrogen and oxygen atoms in total. The zero-order valence-electron chi connectivity index (χ0n) is 11.8. The Kier molecular flexibility index (Phi) is 3.89. The fourth-order valence-electron chi connectivity index (χ4n) is 3.60. The fraction of sp³-hybridized carbons (Fsp3) is 0.786. The first kappa shape index (κ1) is 13.5. The van der Waals surface area contributed by atoms with Gasteiger partial charge in [-0.2, -0.15) is 0 Å². The van der Waals surface area contributed by atoms with Crippen LogP contribution >= 0.6 is 11.3 Å². The van der Waals surface area contributed by atoms with Gasteiger partial charge in [-0.15, -0.1) is 11.3 Å². The summed E-state index contributed by atoms with van der Waals surface area (Å²) in [5, 5.41) is 1.29. The van der Waals surface area contributed by atoms with Crippen molar-refractivity contribution in [3.63, 3.8) is 0 Å². The molecule has 0 saturated carbocycles. The highest BCUT2D eigenvalue weighted by molar-refractivity contribution is 7.11. The van der Waals surface area contributed by atoms with Gasteiger partial charge in [0.05, 0.1) is 17.3 Å². The van der Waals surface area contributed by atoms with E-state index in [1.54, 1.807) is 18.4 Å². The molecule has 106 valence electrons. The van der Waals surface area contributed by atoms with Gasteiger partial charge in [0, 0.05) is 36.5 Å². The lowest BCUT2D eigenvalue weighted by molar-refractivity contribution is 0.160. The van der Waals surface area contributed by atoms with Crippen molar-refractivity contribution in [2.24, 2.45) is 5.73 Å². The molecule has 2 aliphatic heterocycles. The van der Waals surface area contributed by atoms with E-state index in [0.717, 1.165) is 17.8 Å². The lowest BCUT2D eigenvalue weighted by atomic mass is 9.92. The Morgan fingerprint density at radius 1 is 1.37 bits per heavy atom. The van der Waals surface area contributed by atoms with Crippen LogP contribution in [0.2, 0.25) is 0 Å². The predicted molar refractivity (Wildman–Crippen MR) is 77.3 cm³/mol. The van der Waals surface area contributed by atoms with Gasteiger partial charge in [-0.25, -0.2) is 4.98 Å². The van der Waals surface area contributed by atoms with E-state index in [0.29, 0.717) is 19.1 Å². The van der Waals surface area contributed by atoms with Crippen LogP contribution in [0.5, 0.6) is 0 Å². The highest BCUT2D eigenvalue weighted by Gasteiger charge is 2.39. The number of fused-ring (bicyclic) bond motifs is 2. The van der Waals surface area contributed by atoms with Crippen LogP contribution < -0.4 is 5.73 Å². The summed E-state index contributed by atoms with van der Waals surface area (Å²) in [5.41, 5.74) is 6.87. The van der Waals surface area contributed by atoms with Gasteiger partial charge in [0.15, 0.2) is 0 Å². The Bertz CT molecular complexity index is 434. The molecule has 0 aliphatic carbocycles. The molecule has 2 unspecified atom stereocenters. The predicted octanol–water partition coefficient (Wildman–Crippen LogP) is 2.09. The summed E-state index contributed by atoms with van der Waals surface area (Å²) in [5.74, 6) is 0.634. The summed E-state index contributed by atoms with van der Waals surface area (Å²) < 4.78 is 5.22. The minimum absolute atomic E-state index is 0.579. The van der Waals surface area contributed by atoms with Crippen LogP contribution in [-0.2, 0) is 17.9 Å². The number of ether oxygens (including phenoxy) is 1. The largest absolute Gasteiger partial charge is 0.378 e. The molecule has 1 aromatic heterocycles. The molecule has 0 amide bonds. The summed E-state index contributed by atoms with van der Waals surface area (Å²) in [6.07, 6.45) is 5.24. The number of hydrogen-bond acceptors (Lipinski definition) is 5. The van der Waals surface area contributed by atoms with Crippen molar-refractivity contribution in [3.8, 4) is 0 Å². The first-order valence-electron chi connectivity index (χ1n) is 7.12. The van der Waals surface area contributed by atoms with Crippen LogP contribution in [0.25, 0.3) is 0 Å². The Labute approximate surface area is 119 Å². The average molecular weight is 281 g/mol. The van der Waals surface area contributed by atoms with Crippen LogP contribution in [0.3, 0.4) is 0 Å². The molecule has 2 aliphatic rings. The Balaban J connectivity index is 1.79. The third kappa shape index (κ3) is 2.44. The standard InChI is InChI=1S/C14H23N3OS/c1-17-10-3-4-11(17)6-9(5-10)14-16-12(8-18-2)13(7-15)19-14/h9-11H,3-8,15H2,1-2H3. The van der Waals surface area contributed by atoms with Crippen LogP contribution in [0.4, 0.5) is 0 Å².